The van der Waals surface area contributed by atoms with Crippen LogP contribution in [0.5, 0.6) is 5.75 Å². The molecular weight excluding hydrogens is 473 g/mol. The second kappa shape index (κ2) is 16.8. The summed E-state index contributed by atoms with van der Waals surface area (Å²) in [6, 6.07) is 13.6. The molecule has 2 aromatic carbocycles. The molecule has 0 heterocycles. The van der Waals surface area contributed by atoms with E-state index in [2.05, 4.69) is 6.92 Å². The van der Waals surface area contributed by atoms with Crippen molar-refractivity contribution in [2.45, 2.75) is 65.3 Å². The van der Waals surface area contributed by atoms with Gasteiger partial charge in [-0.15, -0.1) is 0 Å². The van der Waals surface area contributed by atoms with Crippen LogP contribution in [0.25, 0.3) is 0 Å². The zero-order chi connectivity index (χ0) is 24.6. The Labute approximate surface area is 214 Å². The largest absolute Gasteiger partial charge is 0.494 e. The van der Waals surface area contributed by atoms with Gasteiger partial charge in [-0.05, 0) is 55.2 Å². The summed E-state index contributed by atoms with van der Waals surface area (Å²) in [6.45, 7) is 6.04. The van der Waals surface area contributed by atoms with Crippen LogP contribution in [0.2, 0.25) is 10.0 Å². The number of hydrogen-bond acceptors (Lipinski definition) is 5. The number of ether oxygens (including phenoxy) is 2. The van der Waals surface area contributed by atoms with E-state index < -0.39 is 0 Å². The fourth-order valence-corrected chi connectivity index (χ4v) is 3.77. The van der Waals surface area contributed by atoms with Crippen molar-refractivity contribution in [3.63, 3.8) is 0 Å². The molecule has 2 rings (SSSR count). The van der Waals surface area contributed by atoms with Gasteiger partial charge in [0.25, 0.3) is 0 Å². The summed E-state index contributed by atoms with van der Waals surface area (Å²) in [7, 11) is 0. The van der Waals surface area contributed by atoms with Gasteiger partial charge >= 0.3 is 5.97 Å². The second-order valence-electron chi connectivity index (χ2n) is 8.20. The first kappa shape index (κ1) is 28.4. The van der Waals surface area contributed by atoms with Crippen molar-refractivity contribution in [1.82, 2.24) is 5.06 Å². The number of hydrogen-bond donors (Lipinski definition) is 0. The van der Waals surface area contributed by atoms with Gasteiger partial charge in [-0.3, -0.25) is 4.84 Å². The standard InChI is InChI=1S/C27H37Cl2NO4/c1-3-5-6-7-8-9-18-33-24-13-10-23(11-14-24)20-30(34-21-27(31)32-4-2)17-16-22-12-15-25(28)26(29)19-22/h10-15,19H,3-9,16-18,20-21H2,1-2H3. The van der Waals surface area contributed by atoms with E-state index in [1.165, 1.54) is 32.1 Å². The molecule has 0 saturated carbocycles. The molecule has 0 spiro atoms. The molecule has 5 nitrogen and oxygen atoms in total. The number of halogens is 2. The fourth-order valence-electron chi connectivity index (χ4n) is 3.45. The average Bonchev–Trinajstić information content (AvgIpc) is 2.83. The molecule has 0 fully saturated rings. The van der Waals surface area contributed by atoms with E-state index in [1.807, 2.05) is 36.4 Å². The van der Waals surface area contributed by atoms with E-state index in [4.69, 9.17) is 37.5 Å². The first-order valence-corrected chi connectivity index (χ1v) is 13.0. The molecule has 0 aromatic heterocycles. The molecule has 0 amide bonds. The Kier molecular flexibility index (Phi) is 14.0. The Bertz CT molecular complexity index is 845. The Morgan fingerprint density at radius 2 is 1.59 bits per heavy atom. The van der Waals surface area contributed by atoms with Crippen molar-refractivity contribution in [2.75, 3.05) is 26.4 Å². The highest BCUT2D eigenvalue weighted by Crippen LogP contribution is 2.23. The third kappa shape index (κ3) is 11.6. The van der Waals surface area contributed by atoms with Gasteiger partial charge in [-0.25, -0.2) is 4.79 Å². The number of nitrogens with zero attached hydrogens (tertiary/aromatic N) is 1. The van der Waals surface area contributed by atoms with Gasteiger partial charge in [0.05, 0.1) is 23.3 Å². The van der Waals surface area contributed by atoms with Crippen molar-refractivity contribution in [3.05, 3.63) is 63.6 Å². The minimum Gasteiger partial charge on any atom is -0.494 e. The van der Waals surface area contributed by atoms with Crippen molar-refractivity contribution in [2.24, 2.45) is 0 Å². The maximum Gasteiger partial charge on any atom is 0.334 e. The molecule has 0 radical (unpaired) electrons. The third-order valence-electron chi connectivity index (χ3n) is 5.35. The van der Waals surface area contributed by atoms with Crippen LogP contribution >= 0.6 is 23.2 Å². The summed E-state index contributed by atoms with van der Waals surface area (Å²) in [6.07, 6.45) is 8.16. The van der Waals surface area contributed by atoms with Crippen LogP contribution in [-0.4, -0.2) is 37.4 Å². The van der Waals surface area contributed by atoms with Crippen LogP contribution in [0.3, 0.4) is 0 Å². The fraction of sp³-hybridized carbons (Fsp3) is 0.519. The number of carbonyl (C=O) groups excluding carboxylic acids is 1. The van der Waals surface area contributed by atoms with Crippen LogP contribution in [0.15, 0.2) is 42.5 Å². The molecule has 0 unspecified atom stereocenters. The molecule has 34 heavy (non-hydrogen) atoms. The molecule has 0 saturated heterocycles. The maximum absolute atomic E-state index is 11.8. The molecule has 0 aliphatic carbocycles. The highest BCUT2D eigenvalue weighted by Gasteiger charge is 2.12. The SMILES string of the molecule is CCCCCCCCOc1ccc(CN(CCc2ccc(Cl)c(Cl)c2)OCC(=O)OCC)cc1. The average molecular weight is 511 g/mol. The lowest BCUT2D eigenvalue weighted by molar-refractivity contribution is -0.188. The second-order valence-corrected chi connectivity index (χ2v) is 9.02. The number of hydroxylamine groups is 2. The Morgan fingerprint density at radius 3 is 2.29 bits per heavy atom. The minimum absolute atomic E-state index is 0.130. The highest BCUT2D eigenvalue weighted by atomic mass is 35.5. The van der Waals surface area contributed by atoms with Crippen molar-refractivity contribution in [1.29, 1.82) is 0 Å². The number of esters is 1. The zero-order valence-corrected chi connectivity index (χ0v) is 21.9. The highest BCUT2D eigenvalue weighted by molar-refractivity contribution is 6.42. The Hall–Kier alpha value is -1.79. The molecule has 0 bridgehead atoms. The molecule has 0 N–H and O–H groups in total. The Morgan fingerprint density at radius 1 is 0.882 bits per heavy atom. The van der Waals surface area contributed by atoms with Crippen LogP contribution in [0.1, 0.15) is 63.5 Å². The van der Waals surface area contributed by atoms with Crippen LogP contribution in [-0.2, 0) is 27.3 Å². The smallest absolute Gasteiger partial charge is 0.334 e. The van der Waals surface area contributed by atoms with Gasteiger partial charge in [-0.2, -0.15) is 5.06 Å². The lowest BCUT2D eigenvalue weighted by Crippen LogP contribution is -2.29. The van der Waals surface area contributed by atoms with Crippen molar-refractivity contribution >= 4 is 29.2 Å². The van der Waals surface area contributed by atoms with Gasteiger partial charge < -0.3 is 9.47 Å². The van der Waals surface area contributed by atoms with Crippen LogP contribution in [0, 0.1) is 0 Å². The van der Waals surface area contributed by atoms with Gasteiger partial charge in [0.2, 0.25) is 0 Å². The van der Waals surface area contributed by atoms with Crippen LogP contribution in [0.4, 0.5) is 0 Å². The van der Waals surface area contributed by atoms with Gasteiger partial charge in [0.1, 0.15) is 5.75 Å². The first-order valence-electron chi connectivity index (χ1n) is 12.2. The van der Waals surface area contributed by atoms with Gasteiger partial charge in [0.15, 0.2) is 6.61 Å². The lowest BCUT2D eigenvalue weighted by atomic mass is 10.1. The molecule has 0 aliphatic heterocycles. The quantitative estimate of drug-likeness (QED) is 0.127. The summed E-state index contributed by atoms with van der Waals surface area (Å²) < 4.78 is 10.9. The van der Waals surface area contributed by atoms with E-state index in [0.29, 0.717) is 36.2 Å². The van der Waals surface area contributed by atoms with E-state index in [0.717, 1.165) is 29.9 Å². The van der Waals surface area contributed by atoms with Gasteiger partial charge in [-0.1, -0.05) is 80.4 Å². The molecule has 2 aromatic rings. The summed E-state index contributed by atoms with van der Waals surface area (Å²) in [5.74, 6) is 0.479. The number of rotatable bonds is 17. The summed E-state index contributed by atoms with van der Waals surface area (Å²) in [4.78, 5) is 17.5. The van der Waals surface area contributed by atoms with E-state index in [1.54, 1.807) is 18.1 Å². The number of unbranched alkanes of at least 4 members (excludes halogenated alkanes) is 5. The minimum atomic E-state index is -0.388. The third-order valence-corrected chi connectivity index (χ3v) is 6.09. The topological polar surface area (TPSA) is 48.0 Å². The zero-order valence-electron chi connectivity index (χ0n) is 20.4. The summed E-state index contributed by atoms with van der Waals surface area (Å²) in [5.41, 5.74) is 2.10. The van der Waals surface area contributed by atoms with Crippen molar-refractivity contribution < 1.29 is 19.1 Å². The van der Waals surface area contributed by atoms with Crippen molar-refractivity contribution in [3.8, 4) is 5.75 Å². The van der Waals surface area contributed by atoms with Gasteiger partial charge in [0, 0.05) is 13.1 Å². The monoisotopic (exact) mass is 509 g/mol. The van der Waals surface area contributed by atoms with E-state index in [-0.39, 0.29) is 12.6 Å². The number of benzene rings is 2. The predicted molar refractivity (Wildman–Crippen MR) is 138 cm³/mol. The normalized spacial score (nSPS) is 11.1. The number of carbonyl (C=O) groups is 1. The van der Waals surface area contributed by atoms with E-state index >= 15 is 0 Å². The predicted octanol–water partition coefficient (Wildman–Crippen LogP) is 7.27. The molecule has 0 aliphatic rings. The molecule has 0 atom stereocenters. The molecule has 7 heteroatoms. The Balaban J connectivity index is 1.86. The summed E-state index contributed by atoms with van der Waals surface area (Å²) >= 11 is 12.1. The molecular formula is C27H37Cl2NO4. The first-order chi connectivity index (χ1) is 16.5. The lowest BCUT2D eigenvalue weighted by Gasteiger charge is -2.22. The van der Waals surface area contributed by atoms with Crippen LogP contribution < -0.4 is 4.74 Å². The van der Waals surface area contributed by atoms with E-state index in [9.17, 15) is 4.79 Å². The summed E-state index contributed by atoms with van der Waals surface area (Å²) in [5, 5.41) is 2.82. The molecule has 188 valence electrons. The maximum atomic E-state index is 11.8.